The van der Waals surface area contributed by atoms with Crippen molar-refractivity contribution in [3.63, 3.8) is 0 Å². The van der Waals surface area contributed by atoms with Gasteiger partial charge in [0.2, 0.25) is 0 Å². The van der Waals surface area contributed by atoms with Crippen molar-refractivity contribution in [3.8, 4) is 5.75 Å². The molecule has 0 bridgehead atoms. The first-order valence-electron chi connectivity index (χ1n) is 5.41. The number of methoxy groups -OCH3 is 1. The minimum atomic E-state index is 0.222. The number of fused-ring (bicyclic) bond motifs is 1. The van der Waals surface area contributed by atoms with Gasteiger partial charge in [0.1, 0.15) is 5.75 Å². The Morgan fingerprint density at radius 1 is 1.33 bits per heavy atom. The first kappa shape index (κ1) is 10.3. The second kappa shape index (κ2) is 3.41. The summed E-state index contributed by atoms with van der Waals surface area (Å²) in [6.45, 7) is 8.75. The number of aryl methyl sites for hydroxylation is 1. The number of benzene rings is 1. The van der Waals surface area contributed by atoms with E-state index in [-0.39, 0.29) is 5.41 Å². The normalized spacial score (nSPS) is 18.5. The third-order valence-corrected chi connectivity index (χ3v) is 3.48. The Morgan fingerprint density at radius 3 is 2.73 bits per heavy atom. The van der Waals surface area contributed by atoms with Gasteiger partial charge in [0.25, 0.3) is 0 Å². The molecule has 1 nitrogen and oxygen atoms in total. The van der Waals surface area contributed by atoms with Gasteiger partial charge < -0.3 is 4.74 Å². The lowest BCUT2D eigenvalue weighted by Crippen LogP contribution is -2.20. The predicted molar refractivity (Wildman–Crippen MR) is 64.1 cm³/mol. The Bertz CT molecular complexity index is 402. The zero-order chi connectivity index (χ0) is 11.1. The summed E-state index contributed by atoms with van der Waals surface area (Å²) in [5.74, 6) is 0.924. The molecule has 0 aliphatic heterocycles. The maximum absolute atomic E-state index is 5.26. The fraction of sp³-hybridized carbons (Fsp3) is 0.429. The third-order valence-electron chi connectivity index (χ3n) is 3.48. The molecule has 1 aromatic rings. The van der Waals surface area contributed by atoms with Gasteiger partial charge in [-0.2, -0.15) is 0 Å². The van der Waals surface area contributed by atoms with Crippen LogP contribution >= 0.6 is 0 Å². The summed E-state index contributed by atoms with van der Waals surface area (Å²) in [4.78, 5) is 0. The van der Waals surface area contributed by atoms with E-state index in [0.717, 1.165) is 12.2 Å². The van der Waals surface area contributed by atoms with Gasteiger partial charge in [-0.05, 0) is 47.1 Å². The van der Waals surface area contributed by atoms with Crippen LogP contribution in [0.2, 0.25) is 0 Å². The highest BCUT2D eigenvalue weighted by molar-refractivity contribution is 5.73. The number of hydrogen-bond acceptors (Lipinski definition) is 1. The molecule has 2 rings (SSSR count). The SMILES string of the molecule is C=C1c2cc(OC)ccc2CCC1(C)C. The molecule has 0 saturated heterocycles. The fourth-order valence-electron chi connectivity index (χ4n) is 2.14. The topological polar surface area (TPSA) is 9.23 Å². The molecule has 1 aliphatic carbocycles. The van der Waals surface area contributed by atoms with Gasteiger partial charge in [0.15, 0.2) is 0 Å². The summed E-state index contributed by atoms with van der Waals surface area (Å²) < 4.78 is 5.26. The predicted octanol–water partition coefficient (Wildman–Crippen LogP) is 3.68. The molecular weight excluding hydrogens is 184 g/mol. The summed E-state index contributed by atoms with van der Waals surface area (Å²) in [6, 6.07) is 6.30. The van der Waals surface area contributed by atoms with E-state index in [4.69, 9.17) is 4.74 Å². The number of hydrogen-bond donors (Lipinski definition) is 0. The van der Waals surface area contributed by atoms with Gasteiger partial charge in [-0.1, -0.05) is 26.5 Å². The van der Waals surface area contributed by atoms with E-state index >= 15 is 0 Å². The molecule has 0 atom stereocenters. The van der Waals surface area contributed by atoms with E-state index in [2.05, 4.69) is 32.6 Å². The smallest absolute Gasteiger partial charge is 0.119 e. The minimum Gasteiger partial charge on any atom is -0.497 e. The van der Waals surface area contributed by atoms with Crippen molar-refractivity contribution < 1.29 is 4.74 Å². The van der Waals surface area contributed by atoms with Crippen molar-refractivity contribution in [3.05, 3.63) is 35.9 Å². The molecule has 15 heavy (non-hydrogen) atoms. The van der Waals surface area contributed by atoms with Gasteiger partial charge in [0.05, 0.1) is 7.11 Å². The van der Waals surface area contributed by atoms with E-state index in [9.17, 15) is 0 Å². The number of rotatable bonds is 1. The molecular formula is C14H18O. The summed E-state index contributed by atoms with van der Waals surface area (Å²) in [6.07, 6.45) is 2.33. The van der Waals surface area contributed by atoms with Crippen LogP contribution < -0.4 is 4.74 Å². The van der Waals surface area contributed by atoms with Gasteiger partial charge >= 0.3 is 0 Å². The number of ether oxygens (including phenoxy) is 1. The van der Waals surface area contributed by atoms with E-state index in [1.165, 1.54) is 23.1 Å². The van der Waals surface area contributed by atoms with Crippen molar-refractivity contribution in [2.45, 2.75) is 26.7 Å². The molecule has 0 spiro atoms. The third kappa shape index (κ3) is 1.67. The zero-order valence-electron chi connectivity index (χ0n) is 9.76. The van der Waals surface area contributed by atoms with Crippen LogP contribution in [-0.2, 0) is 6.42 Å². The van der Waals surface area contributed by atoms with Crippen LogP contribution in [0.4, 0.5) is 0 Å². The molecule has 1 heteroatoms. The Morgan fingerprint density at radius 2 is 2.07 bits per heavy atom. The standard InChI is InChI=1S/C14H18O/c1-10-13-9-12(15-4)6-5-11(13)7-8-14(10,2)3/h5-6,9H,1,7-8H2,2-4H3. The summed E-state index contributed by atoms with van der Waals surface area (Å²) >= 11 is 0. The van der Waals surface area contributed by atoms with Gasteiger partial charge in [-0.3, -0.25) is 0 Å². The van der Waals surface area contributed by atoms with Gasteiger partial charge in [-0.25, -0.2) is 0 Å². The molecule has 0 aromatic heterocycles. The molecule has 0 radical (unpaired) electrons. The van der Waals surface area contributed by atoms with Crippen LogP contribution in [-0.4, -0.2) is 7.11 Å². The zero-order valence-corrected chi connectivity index (χ0v) is 9.76. The van der Waals surface area contributed by atoms with E-state index in [1.54, 1.807) is 7.11 Å². The monoisotopic (exact) mass is 202 g/mol. The maximum atomic E-state index is 5.26. The maximum Gasteiger partial charge on any atom is 0.119 e. The lowest BCUT2D eigenvalue weighted by atomic mass is 9.71. The quantitative estimate of drug-likeness (QED) is 0.675. The molecule has 0 saturated carbocycles. The number of allylic oxidation sites excluding steroid dienone is 1. The molecule has 1 aromatic carbocycles. The van der Waals surface area contributed by atoms with Crippen molar-refractivity contribution in [1.29, 1.82) is 0 Å². The molecule has 80 valence electrons. The van der Waals surface area contributed by atoms with Crippen LogP contribution in [0.3, 0.4) is 0 Å². The highest BCUT2D eigenvalue weighted by Crippen LogP contribution is 2.44. The van der Waals surface area contributed by atoms with Crippen molar-refractivity contribution in [2.75, 3.05) is 7.11 Å². The van der Waals surface area contributed by atoms with Crippen LogP contribution in [0.15, 0.2) is 24.8 Å². The Kier molecular flexibility index (Phi) is 2.34. The fourth-order valence-corrected chi connectivity index (χ4v) is 2.14. The van der Waals surface area contributed by atoms with Crippen molar-refractivity contribution in [2.24, 2.45) is 5.41 Å². The molecule has 0 heterocycles. The molecule has 0 unspecified atom stereocenters. The van der Waals surface area contributed by atoms with Crippen LogP contribution in [0.5, 0.6) is 5.75 Å². The lowest BCUT2D eigenvalue weighted by molar-refractivity contribution is 0.411. The van der Waals surface area contributed by atoms with E-state index < -0.39 is 0 Å². The van der Waals surface area contributed by atoms with Crippen LogP contribution in [0.1, 0.15) is 31.4 Å². The lowest BCUT2D eigenvalue weighted by Gasteiger charge is -2.34. The average molecular weight is 202 g/mol. The first-order chi connectivity index (χ1) is 7.04. The molecule has 0 N–H and O–H groups in total. The second-order valence-electron chi connectivity index (χ2n) is 4.89. The van der Waals surface area contributed by atoms with Crippen molar-refractivity contribution >= 4 is 5.57 Å². The van der Waals surface area contributed by atoms with Gasteiger partial charge in [0, 0.05) is 0 Å². The summed E-state index contributed by atoms with van der Waals surface area (Å²) in [7, 11) is 1.71. The Labute approximate surface area is 91.8 Å². The van der Waals surface area contributed by atoms with Crippen molar-refractivity contribution in [1.82, 2.24) is 0 Å². The molecule has 0 fully saturated rings. The highest BCUT2D eigenvalue weighted by Gasteiger charge is 2.29. The highest BCUT2D eigenvalue weighted by atomic mass is 16.5. The van der Waals surface area contributed by atoms with E-state index in [1.807, 2.05) is 6.07 Å². The Hall–Kier alpha value is -1.24. The molecule has 0 amide bonds. The summed E-state index contributed by atoms with van der Waals surface area (Å²) in [5, 5.41) is 0. The van der Waals surface area contributed by atoms with Crippen LogP contribution in [0.25, 0.3) is 5.57 Å². The van der Waals surface area contributed by atoms with Gasteiger partial charge in [-0.15, -0.1) is 0 Å². The molecule has 1 aliphatic rings. The largest absolute Gasteiger partial charge is 0.497 e. The minimum absolute atomic E-state index is 0.222. The van der Waals surface area contributed by atoms with Crippen LogP contribution in [0, 0.1) is 5.41 Å². The van der Waals surface area contributed by atoms with E-state index in [0.29, 0.717) is 0 Å². The summed E-state index contributed by atoms with van der Waals surface area (Å²) in [5.41, 5.74) is 4.15. The second-order valence-corrected chi connectivity index (χ2v) is 4.89. The Balaban J connectivity index is 2.49. The average Bonchev–Trinajstić information content (AvgIpc) is 2.24. The first-order valence-corrected chi connectivity index (χ1v) is 5.41.